The fourth-order valence-corrected chi connectivity index (χ4v) is 3.86. The Hall–Kier alpha value is -3.65. The monoisotopic (exact) mass is 405 g/mol. The number of aromatic nitrogens is 1. The molecule has 0 saturated heterocycles. The lowest BCUT2D eigenvalue weighted by Crippen LogP contribution is -2.34. The molecule has 0 N–H and O–H groups in total. The zero-order valence-electron chi connectivity index (χ0n) is 18.7. The van der Waals surface area contributed by atoms with Crippen molar-refractivity contribution >= 4 is 17.3 Å². The van der Waals surface area contributed by atoms with Crippen molar-refractivity contribution in [1.82, 2.24) is 0 Å². The molecular formula is C29H29N2+. The first kappa shape index (κ1) is 20.6. The van der Waals surface area contributed by atoms with Crippen LogP contribution in [0.4, 0.5) is 5.69 Å². The summed E-state index contributed by atoms with van der Waals surface area (Å²) in [5.41, 5.74) is 9.72. The number of nitrogens with zero attached hydrogens (tertiary/aromatic N) is 2. The van der Waals surface area contributed by atoms with Crippen molar-refractivity contribution in [3.05, 3.63) is 108 Å². The maximum absolute atomic E-state index is 2.29. The van der Waals surface area contributed by atoms with Crippen LogP contribution in [0.3, 0.4) is 0 Å². The fourth-order valence-electron chi connectivity index (χ4n) is 3.86. The van der Waals surface area contributed by atoms with Gasteiger partial charge >= 0.3 is 0 Å². The zero-order valence-corrected chi connectivity index (χ0v) is 18.7. The SMILES string of the molecule is C/C(=C\c1ccc(N(C)C)cc1)c1cc(-c2ccccc2)[n+](C)c(-c2ccccc2)c1. The Morgan fingerprint density at radius 2 is 1.19 bits per heavy atom. The van der Waals surface area contributed by atoms with Crippen molar-refractivity contribution in [2.75, 3.05) is 19.0 Å². The van der Waals surface area contributed by atoms with Gasteiger partial charge in [0.2, 0.25) is 11.4 Å². The van der Waals surface area contributed by atoms with Gasteiger partial charge < -0.3 is 4.90 Å². The van der Waals surface area contributed by atoms with Crippen molar-refractivity contribution in [1.29, 1.82) is 0 Å². The van der Waals surface area contributed by atoms with Gasteiger partial charge in [-0.3, -0.25) is 0 Å². The summed E-state index contributed by atoms with van der Waals surface area (Å²) in [4.78, 5) is 2.12. The zero-order chi connectivity index (χ0) is 21.8. The van der Waals surface area contributed by atoms with E-state index in [2.05, 4.69) is 141 Å². The summed E-state index contributed by atoms with van der Waals surface area (Å²) in [7, 11) is 6.28. The third kappa shape index (κ3) is 4.59. The first-order valence-corrected chi connectivity index (χ1v) is 10.6. The van der Waals surface area contributed by atoms with Gasteiger partial charge in [-0.25, -0.2) is 0 Å². The van der Waals surface area contributed by atoms with Crippen LogP contribution in [-0.4, -0.2) is 14.1 Å². The normalized spacial score (nSPS) is 11.4. The maximum Gasteiger partial charge on any atom is 0.213 e. The van der Waals surface area contributed by atoms with Crippen LogP contribution in [0.2, 0.25) is 0 Å². The smallest absolute Gasteiger partial charge is 0.213 e. The first-order valence-electron chi connectivity index (χ1n) is 10.6. The number of hydrogen-bond donors (Lipinski definition) is 0. The second-order valence-electron chi connectivity index (χ2n) is 8.12. The van der Waals surface area contributed by atoms with Crippen molar-refractivity contribution in [3.63, 3.8) is 0 Å². The highest BCUT2D eigenvalue weighted by Gasteiger charge is 2.19. The van der Waals surface area contributed by atoms with Gasteiger partial charge in [-0.15, -0.1) is 0 Å². The Balaban J connectivity index is 1.83. The molecule has 1 heterocycles. The van der Waals surface area contributed by atoms with Gasteiger partial charge in [-0.1, -0.05) is 54.6 Å². The van der Waals surface area contributed by atoms with E-state index in [1.807, 2.05) is 0 Å². The maximum atomic E-state index is 2.29. The molecule has 0 bridgehead atoms. The number of hydrogen-bond acceptors (Lipinski definition) is 1. The van der Waals surface area contributed by atoms with Crippen molar-refractivity contribution < 1.29 is 4.57 Å². The summed E-state index contributed by atoms with van der Waals surface area (Å²) in [6.07, 6.45) is 2.26. The lowest BCUT2D eigenvalue weighted by molar-refractivity contribution is -0.649. The molecule has 0 fully saturated rings. The summed E-state index contributed by atoms with van der Waals surface area (Å²) >= 11 is 0. The van der Waals surface area contributed by atoms with Crippen LogP contribution in [0.5, 0.6) is 0 Å². The van der Waals surface area contributed by atoms with Crippen LogP contribution in [0.1, 0.15) is 18.1 Å². The van der Waals surface area contributed by atoms with E-state index in [1.165, 1.54) is 44.9 Å². The Bertz CT molecular complexity index is 1130. The topological polar surface area (TPSA) is 7.12 Å². The summed E-state index contributed by atoms with van der Waals surface area (Å²) in [6.45, 7) is 2.19. The molecule has 0 aliphatic rings. The van der Waals surface area contributed by atoms with Crippen LogP contribution >= 0.6 is 0 Å². The minimum absolute atomic E-state index is 1.20. The molecule has 0 unspecified atom stereocenters. The predicted molar refractivity (Wildman–Crippen MR) is 133 cm³/mol. The van der Waals surface area contributed by atoms with E-state index in [1.54, 1.807) is 0 Å². The third-order valence-electron chi connectivity index (χ3n) is 5.69. The quantitative estimate of drug-likeness (QED) is 0.345. The van der Waals surface area contributed by atoms with E-state index in [0.717, 1.165) is 0 Å². The van der Waals surface area contributed by atoms with E-state index in [-0.39, 0.29) is 0 Å². The molecule has 154 valence electrons. The number of benzene rings is 3. The fraction of sp³-hybridized carbons (Fsp3) is 0.138. The van der Waals surface area contributed by atoms with Gasteiger partial charge in [0.25, 0.3) is 0 Å². The molecule has 0 atom stereocenters. The second-order valence-corrected chi connectivity index (χ2v) is 8.12. The average Bonchev–Trinajstić information content (AvgIpc) is 2.80. The van der Waals surface area contributed by atoms with Gasteiger partial charge in [-0.2, -0.15) is 4.57 Å². The van der Waals surface area contributed by atoms with Gasteiger partial charge in [0, 0.05) is 43.0 Å². The third-order valence-corrected chi connectivity index (χ3v) is 5.69. The van der Waals surface area contributed by atoms with E-state index in [4.69, 9.17) is 0 Å². The van der Waals surface area contributed by atoms with E-state index in [0.29, 0.717) is 0 Å². The molecule has 31 heavy (non-hydrogen) atoms. The minimum atomic E-state index is 1.20. The molecule has 0 amide bonds. The highest BCUT2D eigenvalue weighted by Crippen LogP contribution is 2.27. The van der Waals surface area contributed by atoms with Crippen LogP contribution in [0, 0.1) is 0 Å². The molecule has 0 aliphatic heterocycles. The Labute approximate surface area is 185 Å². The molecule has 0 spiro atoms. The first-order chi connectivity index (χ1) is 15.0. The lowest BCUT2D eigenvalue weighted by Gasteiger charge is -2.12. The largest absolute Gasteiger partial charge is 0.378 e. The summed E-state index contributed by atoms with van der Waals surface area (Å²) < 4.78 is 2.29. The van der Waals surface area contributed by atoms with Gasteiger partial charge in [0.1, 0.15) is 7.05 Å². The highest BCUT2D eigenvalue weighted by atomic mass is 15.1. The summed E-state index contributed by atoms with van der Waals surface area (Å²) in [5.74, 6) is 0. The highest BCUT2D eigenvalue weighted by molar-refractivity contribution is 5.83. The number of anilines is 1. The molecular weight excluding hydrogens is 376 g/mol. The van der Waals surface area contributed by atoms with Crippen LogP contribution < -0.4 is 9.47 Å². The van der Waals surface area contributed by atoms with E-state index < -0.39 is 0 Å². The van der Waals surface area contributed by atoms with Gasteiger partial charge in [0.05, 0.1) is 0 Å². The second kappa shape index (κ2) is 9.01. The minimum Gasteiger partial charge on any atom is -0.378 e. The summed E-state index contributed by atoms with van der Waals surface area (Å²) in [5, 5.41) is 0. The molecule has 0 aliphatic carbocycles. The van der Waals surface area contributed by atoms with Crippen molar-refractivity contribution in [2.45, 2.75) is 6.92 Å². The molecule has 4 rings (SSSR count). The predicted octanol–water partition coefficient (Wildman–Crippen LogP) is 6.47. The van der Waals surface area contributed by atoms with Crippen LogP contribution in [-0.2, 0) is 7.05 Å². The molecule has 0 saturated carbocycles. The van der Waals surface area contributed by atoms with E-state index in [9.17, 15) is 0 Å². The molecule has 2 nitrogen and oxygen atoms in total. The number of pyridine rings is 1. The molecule has 2 heteroatoms. The van der Waals surface area contributed by atoms with Crippen molar-refractivity contribution in [2.24, 2.45) is 7.05 Å². The standard InChI is InChI=1S/C29H29N2/c1-22(19-23-15-17-27(18-16-23)30(2)3)26-20-28(24-11-7-5-8-12-24)31(4)29(21-26)25-13-9-6-10-14-25/h5-21H,1-4H3/q+1. The molecule has 0 radical (unpaired) electrons. The van der Waals surface area contributed by atoms with Crippen LogP contribution in [0.25, 0.3) is 34.2 Å². The Morgan fingerprint density at radius 3 is 1.65 bits per heavy atom. The lowest BCUT2D eigenvalue weighted by atomic mass is 9.98. The number of rotatable bonds is 5. The van der Waals surface area contributed by atoms with Crippen molar-refractivity contribution in [3.8, 4) is 22.5 Å². The van der Waals surface area contributed by atoms with E-state index >= 15 is 0 Å². The molecule has 1 aromatic heterocycles. The van der Waals surface area contributed by atoms with Crippen LogP contribution in [0.15, 0.2) is 97.1 Å². The Kier molecular flexibility index (Phi) is 5.99. The molecule has 4 aromatic rings. The van der Waals surface area contributed by atoms with Gasteiger partial charge in [0.15, 0.2) is 0 Å². The number of allylic oxidation sites excluding steroid dienone is 1. The Morgan fingerprint density at radius 1 is 0.710 bits per heavy atom. The molecule has 3 aromatic carbocycles. The summed E-state index contributed by atoms with van der Waals surface area (Å²) in [6, 6.07) is 34.5. The van der Waals surface area contributed by atoms with Gasteiger partial charge in [-0.05, 0) is 60.0 Å². The average molecular weight is 406 g/mol.